The summed E-state index contributed by atoms with van der Waals surface area (Å²) >= 11 is 0. The van der Waals surface area contributed by atoms with Gasteiger partial charge in [0.2, 0.25) is 0 Å². The van der Waals surface area contributed by atoms with Gasteiger partial charge in [-0.1, -0.05) is 18.2 Å². The highest BCUT2D eigenvalue weighted by Gasteiger charge is 2.28. The Balaban J connectivity index is 1.54. The quantitative estimate of drug-likeness (QED) is 0.536. The van der Waals surface area contributed by atoms with Crippen molar-refractivity contribution in [3.05, 3.63) is 54.1 Å². The average Bonchev–Trinajstić information content (AvgIpc) is 3.32. The van der Waals surface area contributed by atoms with Crippen LogP contribution in [-0.2, 0) is 13.6 Å². The zero-order valence-electron chi connectivity index (χ0n) is 17.8. The molecule has 3 N–H and O–H groups in total. The molecule has 1 aliphatic heterocycles. The van der Waals surface area contributed by atoms with Crippen LogP contribution >= 0.6 is 0 Å². The Hall–Kier alpha value is -3.16. The van der Waals surface area contributed by atoms with Gasteiger partial charge in [-0.2, -0.15) is 0 Å². The summed E-state index contributed by atoms with van der Waals surface area (Å²) in [5, 5.41) is 11.0. The summed E-state index contributed by atoms with van der Waals surface area (Å²) in [6, 6.07) is 15.8. The van der Waals surface area contributed by atoms with Crippen LogP contribution in [0.5, 0.6) is 0 Å². The van der Waals surface area contributed by atoms with E-state index in [4.69, 9.17) is 10.7 Å². The topological polar surface area (TPSA) is 89.3 Å². The zero-order valence-corrected chi connectivity index (χ0v) is 17.8. The summed E-state index contributed by atoms with van der Waals surface area (Å²) in [5.41, 5.74) is 10.6. The monoisotopic (exact) mass is 417 g/mol. The largest absolute Gasteiger partial charge is 0.391 e. The van der Waals surface area contributed by atoms with E-state index in [9.17, 15) is 9.90 Å². The fourth-order valence-corrected chi connectivity index (χ4v) is 4.63. The molecule has 0 radical (unpaired) electrons. The number of likely N-dealkylation sites (tertiary alicyclic amines) is 1. The molecule has 1 saturated heterocycles. The number of amides is 1. The van der Waals surface area contributed by atoms with E-state index in [0.717, 1.165) is 29.1 Å². The Morgan fingerprint density at radius 3 is 2.77 bits per heavy atom. The van der Waals surface area contributed by atoms with E-state index in [1.807, 2.05) is 31.3 Å². The zero-order chi connectivity index (χ0) is 21.7. The minimum absolute atomic E-state index is 0.0703. The molecule has 1 amide bonds. The number of hydrogen-bond donors (Lipinski definition) is 2. The summed E-state index contributed by atoms with van der Waals surface area (Å²) in [6.07, 6.45) is -0.0417. The van der Waals surface area contributed by atoms with Gasteiger partial charge in [0.25, 0.3) is 5.91 Å². The lowest BCUT2D eigenvalue weighted by atomic mass is 10.0. The molecule has 0 spiro atoms. The molecule has 5 rings (SSSR count). The minimum atomic E-state index is -0.546. The van der Waals surface area contributed by atoms with Crippen LogP contribution in [0.1, 0.15) is 23.7 Å². The van der Waals surface area contributed by atoms with Crippen molar-refractivity contribution in [3.8, 4) is 11.5 Å². The van der Waals surface area contributed by atoms with Crippen LogP contribution in [0, 0.1) is 0 Å². The first-order chi connectivity index (χ1) is 15.0. The number of piperidine rings is 1. The lowest BCUT2D eigenvalue weighted by molar-refractivity contribution is 0.0459. The van der Waals surface area contributed by atoms with Crippen LogP contribution in [0.2, 0.25) is 0 Å². The molecular weight excluding hydrogens is 390 g/mol. The number of benzene rings is 2. The van der Waals surface area contributed by atoms with Crippen molar-refractivity contribution in [2.24, 2.45) is 12.8 Å². The maximum absolute atomic E-state index is 13.0. The Morgan fingerprint density at radius 1 is 1.19 bits per heavy atom. The van der Waals surface area contributed by atoms with E-state index < -0.39 is 12.1 Å². The van der Waals surface area contributed by atoms with Gasteiger partial charge in [0.15, 0.2) is 5.82 Å². The SMILES string of the molecule is CCn1c(-c2nc3cc(C(=O)N4CC[C@H](O)[C@@H](N)C4)ccc3n2C)cc2ccccc21. The van der Waals surface area contributed by atoms with Gasteiger partial charge in [-0.15, -0.1) is 0 Å². The third-order valence-corrected chi connectivity index (χ3v) is 6.39. The molecule has 0 bridgehead atoms. The molecule has 3 heterocycles. The summed E-state index contributed by atoms with van der Waals surface area (Å²) in [4.78, 5) is 19.7. The summed E-state index contributed by atoms with van der Waals surface area (Å²) in [6.45, 7) is 3.85. The van der Waals surface area contributed by atoms with Crippen molar-refractivity contribution < 1.29 is 9.90 Å². The summed E-state index contributed by atoms with van der Waals surface area (Å²) in [5.74, 6) is 0.805. The molecule has 2 atom stereocenters. The third kappa shape index (κ3) is 3.21. The Morgan fingerprint density at radius 2 is 2.00 bits per heavy atom. The Bertz CT molecular complexity index is 1290. The number of rotatable bonds is 3. The average molecular weight is 418 g/mol. The predicted molar refractivity (Wildman–Crippen MR) is 122 cm³/mol. The van der Waals surface area contributed by atoms with Crippen molar-refractivity contribution in [1.29, 1.82) is 0 Å². The highest BCUT2D eigenvalue weighted by molar-refractivity contribution is 5.98. The lowest BCUT2D eigenvalue weighted by Crippen LogP contribution is -2.53. The number of carbonyl (C=O) groups is 1. The molecule has 7 nitrogen and oxygen atoms in total. The molecule has 1 aliphatic rings. The Kier molecular flexibility index (Phi) is 4.79. The smallest absolute Gasteiger partial charge is 0.253 e. The number of nitrogens with two attached hydrogens (primary N) is 1. The molecule has 31 heavy (non-hydrogen) atoms. The second-order valence-corrected chi connectivity index (χ2v) is 8.30. The van der Waals surface area contributed by atoms with Crippen molar-refractivity contribution in [3.63, 3.8) is 0 Å². The van der Waals surface area contributed by atoms with E-state index in [-0.39, 0.29) is 5.91 Å². The number of aryl methyl sites for hydroxylation is 2. The standard InChI is InChI=1S/C24H27N5O2/c1-3-29-19-7-5-4-6-15(19)13-21(29)23-26-18-12-16(8-9-20(18)27(23)2)24(31)28-11-10-22(30)17(25)14-28/h4-9,12-13,17,22,30H,3,10-11,14,25H2,1-2H3/t17-,22-/m0/s1. The number of fused-ring (bicyclic) bond motifs is 2. The molecule has 1 fully saturated rings. The van der Waals surface area contributed by atoms with Gasteiger partial charge in [-0.3, -0.25) is 4.79 Å². The minimum Gasteiger partial charge on any atom is -0.391 e. The van der Waals surface area contributed by atoms with Crippen LogP contribution in [0.15, 0.2) is 48.5 Å². The van der Waals surface area contributed by atoms with Crippen molar-refractivity contribution in [1.82, 2.24) is 19.0 Å². The van der Waals surface area contributed by atoms with Crippen LogP contribution in [0.25, 0.3) is 33.5 Å². The van der Waals surface area contributed by atoms with Gasteiger partial charge in [0.05, 0.1) is 22.8 Å². The maximum atomic E-state index is 13.0. The number of aromatic nitrogens is 3. The van der Waals surface area contributed by atoms with Crippen molar-refractivity contribution >= 4 is 27.8 Å². The molecule has 2 aromatic heterocycles. The molecule has 0 saturated carbocycles. The first-order valence-corrected chi connectivity index (χ1v) is 10.8. The Labute approximate surface area is 180 Å². The van der Waals surface area contributed by atoms with Crippen molar-refractivity contribution in [2.75, 3.05) is 13.1 Å². The summed E-state index contributed by atoms with van der Waals surface area (Å²) < 4.78 is 4.35. The molecule has 7 heteroatoms. The first kappa shape index (κ1) is 19.8. The van der Waals surface area contributed by atoms with E-state index in [1.165, 1.54) is 10.9 Å². The van der Waals surface area contributed by atoms with Gasteiger partial charge in [0, 0.05) is 49.2 Å². The van der Waals surface area contributed by atoms with Gasteiger partial charge in [0.1, 0.15) is 0 Å². The fraction of sp³-hybridized carbons (Fsp3) is 0.333. The fourth-order valence-electron chi connectivity index (χ4n) is 4.63. The van der Waals surface area contributed by atoms with E-state index in [0.29, 0.717) is 25.1 Å². The number of hydrogen-bond acceptors (Lipinski definition) is 4. The maximum Gasteiger partial charge on any atom is 0.253 e. The van der Waals surface area contributed by atoms with Crippen LogP contribution in [0.4, 0.5) is 0 Å². The van der Waals surface area contributed by atoms with Gasteiger partial charge < -0.3 is 24.9 Å². The van der Waals surface area contributed by atoms with E-state index in [2.05, 4.69) is 40.3 Å². The summed E-state index contributed by atoms with van der Waals surface area (Å²) in [7, 11) is 2.01. The van der Waals surface area contributed by atoms with E-state index >= 15 is 0 Å². The lowest BCUT2D eigenvalue weighted by Gasteiger charge is -2.34. The van der Waals surface area contributed by atoms with Crippen LogP contribution < -0.4 is 5.73 Å². The number of nitrogens with zero attached hydrogens (tertiary/aromatic N) is 4. The number of aliphatic hydroxyl groups excluding tert-OH is 1. The second kappa shape index (κ2) is 7.51. The number of imidazole rings is 1. The number of aliphatic hydroxyl groups is 1. The molecule has 0 aliphatic carbocycles. The third-order valence-electron chi connectivity index (χ3n) is 6.39. The highest BCUT2D eigenvalue weighted by atomic mass is 16.3. The van der Waals surface area contributed by atoms with Crippen LogP contribution in [0.3, 0.4) is 0 Å². The van der Waals surface area contributed by atoms with Gasteiger partial charge >= 0.3 is 0 Å². The van der Waals surface area contributed by atoms with Gasteiger partial charge in [-0.05, 0) is 43.7 Å². The molecule has 4 aromatic rings. The van der Waals surface area contributed by atoms with Gasteiger partial charge in [-0.25, -0.2) is 4.98 Å². The highest BCUT2D eigenvalue weighted by Crippen LogP contribution is 2.30. The van der Waals surface area contributed by atoms with E-state index in [1.54, 1.807) is 4.90 Å². The molecule has 0 unspecified atom stereocenters. The normalized spacial score (nSPS) is 19.4. The number of carbonyl (C=O) groups excluding carboxylic acids is 1. The number of para-hydroxylation sites is 1. The van der Waals surface area contributed by atoms with Crippen molar-refractivity contribution in [2.45, 2.75) is 32.0 Å². The molecule has 160 valence electrons. The molecular formula is C24H27N5O2. The second-order valence-electron chi connectivity index (χ2n) is 8.30. The molecule has 2 aromatic carbocycles. The predicted octanol–water partition coefficient (Wildman–Crippen LogP) is 2.75. The first-order valence-electron chi connectivity index (χ1n) is 10.8. The van der Waals surface area contributed by atoms with Crippen LogP contribution in [-0.4, -0.2) is 55.3 Å².